The molecular weight excluding hydrogens is 567 g/mol. The number of carbonyl (C=O) groups excluding carboxylic acids is 1. The monoisotopic (exact) mass is 591 g/mol. The van der Waals surface area contributed by atoms with E-state index in [1.54, 1.807) is 50.2 Å². The van der Waals surface area contributed by atoms with Gasteiger partial charge >= 0.3 is 12.5 Å². The zero-order valence-corrected chi connectivity index (χ0v) is 22.9. The Hall–Kier alpha value is -4.22. The molecule has 1 heterocycles. The molecule has 0 aliphatic rings. The smallest absolute Gasteiger partial charge is 0.457 e. The molecule has 1 unspecified atom stereocenters. The van der Waals surface area contributed by atoms with Crippen molar-refractivity contribution in [2.24, 2.45) is 0 Å². The van der Waals surface area contributed by atoms with Gasteiger partial charge in [0, 0.05) is 28.6 Å². The fourth-order valence-corrected chi connectivity index (χ4v) is 4.23. The second kappa shape index (κ2) is 12.5. The molecule has 1 atom stereocenters. The molecule has 0 amide bonds. The fourth-order valence-electron chi connectivity index (χ4n) is 4.01. The van der Waals surface area contributed by atoms with E-state index in [1.165, 1.54) is 19.1 Å². The zero-order chi connectivity index (χ0) is 29.7. The number of hydrogen-bond donors (Lipinski definition) is 1. The number of fused-ring (bicyclic) bond motifs is 1. The summed E-state index contributed by atoms with van der Waals surface area (Å²) in [5.74, 6) is 0.699. The Balaban J connectivity index is 1.67. The van der Waals surface area contributed by atoms with E-state index in [2.05, 4.69) is 9.72 Å². The van der Waals surface area contributed by atoms with Crippen LogP contribution in [-0.2, 0) is 16.1 Å². The summed E-state index contributed by atoms with van der Waals surface area (Å²) in [6.45, 7) is 4.81. The molecule has 0 aliphatic carbocycles. The molecule has 41 heavy (non-hydrogen) atoms. The van der Waals surface area contributed by atoms with Crippen molar-refractivity contribution in [2.75, 3.05) is 6.61 Å². The van der Waals surface area contributed by atoms with Crippen LogP contribution >= 0.6 is 11.6 Å². The maximum absolute atomic E-state index is 12.4. The van der Waals surface area contributed by atoms with E-state index in [1.807, 2.05) is 0 Å². The largest absolute Gasteiger partial charge is 0.573 e. The van der Waals surface area contributed by atoms with Gasteiger partial charge in [0.1, 0.15) is 23.0 Å². The second-order valence-corrected chi connectivity index (χ2v) is 9.06. The van der Waals surface area contributed by atoms with E-state index in [0.29, 0.717) is 55.6 Å². The molecule has 8 nitrogen and oxygen atoms in total. The molecule has 1 aromatic heterocycles. The Bertz CT molecular complexity index is 1530. The Kier molecular flexibility index (Phi) is 9.09. The summed E-state index contributed by atoms with van der Waals surface area (Å²) in [7, 11) is 0. The number of nitrogens with zero attached hydrogens (tertiary/aromatic N) is 1. The van der Waals surface area contributed by atoms with Gasteiger partial charge in [-0.15, -0.1) is 13.2 Å². The topological polar surface area (TPSA) is 96.3 Å². The summed E-state index contributed by atoms with van der Waals surface area (Å²) in [6.07, 6.45) is -6.72. The van der Waals surface area contributed by atoms with Crippen LogP contribution in [0.1, 0.15) is 25.1 Å². The summed E-state index contributed by atoms with van der Waals surface area (Å²) < 4.78 is 63.0. The molecule has 0 fully saturated rings. The highest BCUT2D eigenvalue weighted by atomic mass is 35.5. The second-order valence-electron chi connectivity index (χ2n) is 8.65. The first-order valence-electron chi connectivity index (χ1n) is 12.3. The van der Waals surface area contributed by atoms with E-state index in [0.717, 1.165) is 12.1 Å². The lowest BCUT2D eigenvalue weighted by atomic mass is 9.99. The summed E-state index contributed by atoms with van der Waals surface area (Å²) in [6, 6.07) is 15.1. The van der Waals surface area contributed by atoms with E-state index in [-0.39, 0.29) is 19.0 Å². The van der Waals surface area contributed by atoms with Crippen LogP contribution in [0.25, 0.3) is 22.0 Å². The molecule has 12 heteroatoms. The van der Waals surface area contributed by atoms with Crippen LogP contribution in [-0.4, -0.2) is 35.5 Å². The minimum atomic E-state index is -4.79. The number of benzene rings is 3. The van der Waals surface area contributed by atoms with Crippen LogP contribution in [0.2, 0.25) is 5.02 Å². The molecule has 0 saturated heterocycles. The van der Waals surface area contributed by atoms with Crippen molar-refractivity contribution < 1.29 is 46.8 Å². The molecule has 3 aromatic carbocycles. The number of pyridine rings is 1. The number of aliphatic hydroxyl groups excluding tert-OH is 1. The third-order valence-corrected chi connectivity index (χ3v) is 6.05. The number of ether oxygens (including phenoxy) is 5. The van der Waals surface area contributed by atoms with Crippen molar-refractivity contribution in [3.05, 3.63) is 76.9 Å². The lowest BCUT2D eigenvalue weighted by Gasteiger charge is -2.21. The molecule has 0 saturated carbocycles. The maximum Gasteiger partial charge on any atom is 0.573 e. The minimum Gasteiger partial charge on any atom is -0.457 e. The number of hydrogen-bond acceptors (Lipinski definition) is 8. The first-order chi connectivity index (χ1) is 19.5. The Labute approximate surface area is 238 Å². The Morgan fingerprint density at radius 1 is 1.02 bits per heavy atom. The predicted molar refractivity (Wildman–Crippen MR) is 144 cm³/mol. The molecule has 0 spiro atoms. The summed E-state index contributed by atoms with van der Waals surface area (Å²) in [4.78, 5) is 16.6. The van der Waals surface area contributed by atoms with Crippen molar-refractivity contribution in [3.63, 3.8) is 0 Å². The lowest BCUT2D eigenvalue weighted by molar-refractivity contribution is -0.274. The summed E-state index contributed by atoms with van der Waals surface area (Å²) >= 11 is 6.39. The maximum atomic E-state index is 12.4. The van der Waals surface area contributed by atoms with Crippen LogP contribution < -0.4 is 14.2 Å². The number of aliphatic hydroxyl groups is 1. The van der Waals surface area contributed by atoms with Gasteiger partial charge in [0.2, 0.25) is 6.29 Å². The van der Waals surface area contributed by atoms with Gasteiger partial charge in [0.05, 0.1) is 18.7 Å². The van der Waals surface area contributed by atoms with Gasteiger partial charge in [0.15, 0.2) is 0 Å². The zero-order valence-electron chi connectivity index (χ0n) is 22.1. The molecule has 0 aliphatic heterocycles. The van der Waals surface area contributed by atoms with Gasteiger partial charge in [-0.2, -0.15) is 0 Å². The fraction of sp³-hybridized carbons (Fsp3) is 0.241. The molecular formula is C29H25ClF3NO7. The van der Waals surface area contributed by atoms with Gasteiger partial charge in [-0.1, -0.05) is 23.7 Å². The Morgan fingerprint density at radius 3 is 2.22 bits per heavy atom. The summed E-state index contributed by atoms with van der Waals surface area (Å²) in [5, 5.41) is 10.5. The standard InChI is InChI=1S/C29H25ClF3NO7/c1-4-37-28(36)39-17(3)38-27-23-14-24(30)19(15-35)13-25(23)34-16(2)26(27)18-5-7-20(8-6-18)40-21-9-11-22(12-10-21)41-29(31,32)33/h5-14,17,35H,4,15H2,1-3H3. The van der Waals surface area contributed by atoms with Crippen molar-refractivity contribution in [3.8, 4) is 34.1 Å². The first-order valence-corrected chi connectivity index (χ1v) is 12.7. The number of halogens is 4. The normalized spacial score (nSPS) is 12.1. The average Bonchev–Trinajstić information content (AvgIpc) is 2.90. The van der Waals surface area contributed by atoms with Gasteiger partial charge < -0.3 is 28.8 Å². The number of aromatic nitrogens is 1. The lowest BCUT2D eigenvalue weighted by Crippen LogP contribution is -2.22. The van der Waals surface area contributed by atoms with Gasteiger partial charge in [0.25, 0.3) is 0 Å². The summed E-state index contributed by atoms with van der Waals surface area (Å²) in [5.41, 5.74) is 2.84. The van der Waals surface area contributed by atoms with Gasteiger partial charge in [-0.05, 0) is 73.5 Å². The Morgan fingerprint density at radius 2 is 1.63 bits per heavy atom. The third-order valence-electron chi connectivity index (χ3n) is 5.70. The molecule has 216 valence electrons. The number of rotatable bonds is 9. The highest BCUT2D eigenvalue weighted by molar-refractivity contribution is 6.32. The number of carbonyl (C=O) groups is 1. The van der Waals surface area contributed by atoms with Crippen LogP contribution in [0.3, 0.4) is 0 Å². The van der Waals surface area contributed by atoms with Gasteiger partial charge in [-0.3, -0.25) is 4.98 Å². The molecule has 1 N–H and O–H groups in total. The molecule has 0 bridgehead atoms. The van der Waals surface area contributed by atoms with Crippen molar-refractivity contribution >= 4 is 28.7 Å². The van der Waals surface area contributed by atoms with Crippen LogP contribution in [0, 0.1) is 6.92 Å². The van der Waals surface area contributed by atoms with Crippen LogP contribution in [0.4, 0.5) is 18.0 Å². The van der Waals surface area contributed by atoms with Crippen molar-refractivity contribution in [1.82, 2.24) is 4.98 Å². The number of alkyl halides is 3. The molecule has 4 aromatic rings. The third kappa shape index (κ3) is 7.50. The van der Waals surface area contributed by atoms with Gasteiger partial charge in [-0.25, -0.2) is 4.79 Å². The average molecular weight is 592 g/mol. The van der Waals surface area contributed by atoms with Crippen LogP contribution in [0.5, 0.6) is 23.0 Å². The van der Waals surface area contributed by atoms with E-state index >= 15 is 0 Å². The van der Waals surface area contributed by atoms with Crippen molar-refractivity contribution in [1.29, 1.82) is 0 Å². The van der Waals surface area contributed by atoms with E-state index in [4.69, 9.17) is 30.5 Å². The van der Waals surface area contributed by atoms with Crippen LogP contribution in [0.15, 0.2) is 60.7 Å². The highest BCUT2D eigenvalue weighted by Gasteiger charge is 2.31. The first kappa shape index (κ1) is 29.8. The molecule has 0 radical (unpaired) electrons. The number of aryl methyl sites for hydroxylation is 1. The highest BCUT2D eigenvalue weighted by Crippen LogP contribution is 2.41. The predicted octanol–water partition coefficient (Wildman–Crippen LogP) is 7.94. The van der Waals surface area contributed by atoms with Crippen molar-refractivity contribution in [2.45, 2.75) is 40.0 Å². The van der Waals surface area contributed by atoms with E-state index < -0.39 is 18.8 Å². The minimum absolute atomic E-state index is 0.132. The molecule has 4 rings (SSSR count). The quantitative estimate of drug-likeness (QED) is 0.155. The SMILES string of the molecule is CCOC(=O)OC(C)Oc1c(-c2ccc(Oc3ccc(OC(F)(F)F)cc3)cc2)c(C)nc2cc(CO)c(Cl)cc12. The van der Waals surface area contributed by atoms with E-state index in [9.17, 15) is 23.1 Å².